The number of benzene rings is 1. The Morgan fingerprint density at radius 3 is 2.64 bits per heavy atom. The number of hydrogen-bond donors (Lipinski definition) is 3. The molecule has 0 amide bonds. The molecule has 1 rings (SSSR count). The summed E-state index contributed by atoms with van der Waals surface area (Å²) < 4.78 is 0. The first-order chi connectivity index (χ1) is 6.66. The van der Waals surface area contributed by atoms with Crippen LogP contribution < -0.4 is 11.5 Å². The van der Waals surface area contributed by atoms with Gasteiger partial charge in [-0.3, -0.25) is 4.79 Å². The third kappa shape index (κ3) is 2.31. The van der Waals surface area contributed by atoms with E-state index in [1.165, 1.54) is 0 Å². The van der Waals surface area contributed by atoms with Crippen LogP contribution in [-0.2, 0) is 11.2 Å². The molecule has 14 heavy (non-hydrogen) atoms. The van der Waals surface area contributed by atoms with Crippen LogP contribution in [0, 0.1) is 0 Å². The van der Waals surface area contributed by atoms with Crippen molar-refractivity contribution in [1.82, 2.24) is 0 Å². The van der Waals surface area contributed by atoms with Crippen LogP contribution in [0.5, 0.6) is 0 Å². The van der Waals surface area contributed by atoms with Crippen LogP contribution in [0.1, 0.15) is 17.2 Å². The summed E-state index contributed by atoms with van der Waals surface area (Å²) in [6.07, 6.45) is 0.650. The fourth-order valence-electron chi connectivity index (χ4n) is 1.35. The van der Waals surface area contributed by atoms with Crippen molar-refractivity contribution in [3.05, 3.63) is 35.4 Å². The van der Waals surface area contributed by atoms with E-state index in [1.54, 1.807) is 12.1 Å². The van der Waals surface area contributed by atoms with Gasteiger partial charge in [0.1, 0.15) is 6.04 Å². The number of nitrogens with two attached hydrogens (primary N) is 2. The first-order valence-corrected chi connectivity index (χ1v) is 4.43. The lowest BCUT2D eigenvalue weighted by Crippen LogP contribution is -2.22. The van der Waals surface area contributed by atoms with Crippen molar-refractivity contribution < 1.29 is 9.90 Å². The Balaban J connectivity index is 3.00. The molecular weight excluding hydrogens is 180 g/mol. The highest BCUT2D eigenvalue weighted by molar-refractivity contribution is 5.75. The Morgan fingerprint density at radius 2 is 2.07 bits per heavy atom. The summed E-state index contributed by atoms with van der Waals surface area (Å²) >= 11 is 0. The zero-order valence-corrected chi connectivity index (χ0v) is 7.81. The van der Waals surface area contributed by atoms with E-state index in [0.29, 0.717) is 18.5 Å². The van der Waals surface area contributed by atoms with Gasteiger partial charge in [-0.1, -0.05) is 24.3 Å². The van der Waals surface area contributed by atoms with Crippen LogP contribution in [0.2, 0.25) is 0 Å². The molecule has 0 heterocycles. The van der Waals surface area contributed by atoms with Crippen LogP contribution in [0.3, 0.4) is 0 Å². The second-order valence-corrected chi connectivity index (χ2v) is 3.05. The van der Waals surface area contributed by atoms with Crippen LogP contribution in [0.4, 0.5) is 0 Å². The van der Waals surface area contributed by atoms with Crippen LogP contribution in [-0.4, -0.2) is 17.6 Å². The fraction of sp³-hybridized carbons (Fsp3) is 0.300. The first-order valence-electron chi connectivity index (χ1n) is 4.43. The quantitative estimate of drug-likeness (QED) is 0.642. The van der Waals surface area contributed by atoms with E-state index in [2.05, 4.69) is 0 Å². The lowest BCUT2D eigenvalue weighted by Gasteiger charge is -2.11. The third-order valence-electron chi connectivity index (χ3n) is 2.07. The zero-order valence-electron chi connectivity index (χ0n) is 7.81. The molecule has 0 aliphatic rings. The van der Waals surface area contributed by atoms with Gasteiger partial charge in [0.25, 0.3) is 0 Å². The molecule has 1 aromatic carbocycles. The van der Waals surface area contributed by atoms with Gasteiger partial charge in [0.15, 0.2) is 0 Å². The second-order valence-electron chi connectivity index (χ2n) is 3.05. The van der Waals surface area contributed by atoms with Crippen LogP contribution in [0.25, 0.3) is 0 Å². The van der Waals surface area contributed by atoms with Gasteiger partial charge in [0, 0.05) is 0 Å². The average Bonchev–Trinajstić information content (AvgIpc) is 2.18. The van der Waals surface area contributed by atoms with Crippen LogP contribution >= 0.6 is 0 Å². The Kier molecular flexibility index (Phi) is 3.62. The molecule has 0 spiro atoms. The molecule has 0 aliphatic carbocycles. The number of hydrogen-bond acceptors (Lipinski definition) is 3. The Bertz CT molecular complexity index is 326. The smallest absolute Gasteiger partial charge is 0.325 e. The normalized spacial score (nSPS) is 12.4. The van der Waals surface area contributed by atoms with E-state index in [0.717, 1.165) is 5.56 Å². The highest BCUT2D eigenvalue weighted by Gasteiger charge is 2.16. The summed E-state index contributed by atoms with van der Waals surface area (Å²) in [5.74, 6) is -1.02. The molecule has 4 nitrogen and oxygen atoms in total. The number of carbonyl (C=O) groups is 1. The van der Waals surface area contributed by atoms with Gasteiger partial charge in [-0.15, -0.1) is 0 Å². The minimum absolute atomic E-state index is 0.489. The summed E-state index contributed by atoms with van der Waals surface area (Å²) in [5.41, 5.74) is 12.5. The molecule has 0 radical (unpaired) electrons. The molecule has 5 N–H and O–H groups in total. The molecule has 0 aliphatic heterocycles. The summed E-state index contributed by atoms with van der Waals surface area (Å²) in [5, 5.41) is 8.77. The maximum atomic E-state index is 10.7. The van der Waals surface area contributed by atoms with Crippen molar-refractivity contribution in [2.24, 2.45) is 11.5 Å². The predicted octanol–water partition coefficient (Wildman–Crippen LogP) is 0.272. The van der Waals surface area contributed by atoms with Gasteiger partial charge in [0.2, 0.25) is 0 Å². The number of rotatable bonds is 4. The van der Waals surface area contributed by atoms with Crippen molar-refractivity contribution in [2.45, 2.75) is 12.5 Å². The van der Waals surface area contributed by atoms with Crippen molar-refractivity contribution in [1.29, 1.82) is 0 Å². The molecule has 0 bridgehead atoms. The molecule has 0 saturated heterocycles. The third-order valence-corrected chi connectivity index (χ3v) is 2.07. The maximum Gasteiger partial charge on any atom is 0.325 e. The van der Waals surface area contributed by atoms with E-state index in [9.17, 15) is 4.79 Å². The van der Waals surface area contributed by atoms with Crippen molar-refractivity contribution >= 4 is 5.97 Å². The topological polar surface area (TPSA) is 89.3 Å². The molecule has 1 atom stereocenters. The zero-order chi connectivity index (χ0) is 10.6. The van der Waals surface area contributed by atoms with Crippen molar-refractivity contribution in [2.75, 3.05) is 6.54 Å². The minimum atomic E-state index is -1.02. The van der Waals surface area contributed by atoms with E-state index < -0.39 is 12.0 Å². The minimum Gasteiger partial charge on any atom is -0.480 e. The lowest BCUT2D eigenvalue weighted by molar-refractivity contribution is -0.138. The monoisotopic (exact) mass is 194 g/mol. The molecule has 4 heteroatoms. The van der Waals surface area contributed by atoms with E-state index in [4.69, 9.17) is 16.6 Å². The van der Waals surface area contributed by atoms with Gasteiger partial charge >= 0.3 is 5.97 Å². The van der Waals surface area contributed by atoms with Gasteiger partial charge in [0.05, 0.1) is 0 Å². The number of aliphatic carboxylic acids is 1. The van der Waals surface area contributed by atoms with Crippen molar-refractivity contribution in [3.63, 3.8) is 0 Å². The van der Waals surface area contributed by atoms with E-state index in [-0.39, 0.29) is 0 Å². The molecule has 0 saturated carbocycles. The van der Waals surface area contributed by atoms with Crippen LogP contribution in [0.15, 0.2) is 24.3 Å². The van der Waals surface area contributed by atoms with E-state index in [1.807, 2.05) is 12.1 Å². The molecule has 76 valence electrons. The maximum absolute atomic E-state index is 10.7. The largest absolute Gasteiger partial charge is 0.480 e. The lowest BCUT2D eigenvalue weighted by atomic mass is 9.99. The fourth-order valence-corrected chi connectivity index (χ4v) is 1.35. The highest BCUT2D eigenvalue weighted by Crippen LogP contribution is 2.16. The molecule has 0 aromatic heterocycles. The highest BCUT2D eigenvalue weighted by atomic mass is 16.4. The Labute approximate surface area is 82.5 Å². The number of carboxylic acid groups (broad SMARTS) is 1. The summed E-state index contributed by atoms with van der Waals surface area (Å²) in [7, 11) is 0. The summed E-state index contributed by atoms with van der Waals surface area (Å²) in [6, 6.07) is 6.24. The standard InChI is InChI=1S/C10H14N2O2/c11-6-5-7-3-1-2-4-8(7)9(12)10(13)14/h1-4,9H,5-6,11-12H2,(H,13,14)/t9-/m0/s1. The summed E-state index contributed by atoms with van der Waals surface area (Å²) in [6.45, 7) is 0.489. The molecule has 1 aromatic rings. The Morgan fingerprint density at radius 1 is 1.43 bits per heavy atom. The average molecular weight is 194 g/mol. The predicted molar refractivity (Wildman–Crippen MR) is 53.8 cm³/mol. The first kappa shape index (κ1) is 10.7. The molecular formula is C10H14N2O2. The summed E-state index contributed by atoms with van der Waals surface area (Å²) in [4.78, 5) is 10.7. The van der Waals surface area contributed by atoms with Gasteiger partial charge < -0.3 is 16.6 Å². The Hall–Kier alpha value is -1.39. The van der Waals surface area contributed by atoms with E-state index >= 15 is 0 Å². The van der Waals surface area contributed by atoms with Gasteiger partial charge in [-0.2, -0.15) is 0 Å². The second kappa shape index (κ2) is 4.74. The molecule has 0 fully saturated rings. The molecule has 0 unspecified atom stereocenters. The SMILES string of the molecule is NCCc1ccccc1[C@H](N)C(=O)O. The van der Waals surface area contributed by atoms with Crippen molar-refractivity contribution in [3.8, 4) is 0 Å². The van der Waals surface area contributed by atoms with Gasteiger partial charge in [-0.25, -0.2) is 0 Å². The number of carboxylic acids is 1. The van der Waals surface area contributed by atoms with Gasteiger partial charge in [-0.05, 0) is 24.1 Å².